The normalized spacial score (nSPS) is 10.8. The first-order valence-corrected chi connectivity index (χ1v) is 6.40. The van der Waals surface area contributed by atoms with E-state index in [9.17, 15) is 0 Å². The van der Waals surface area contributed by atoms with Gasteiger partial charge < -0.3 is 5.32 Å². The minimum atomic E-state index is 0.925. The molecule has 0 amide bonds. The topological polar surface area (TPSA) is 29.9 Å². The number of benzene rings is 1. The number of aryl methyl sites for hydroxylation is 3. The van der Waals surface area contributed by atoms with Crippen molar-refractivity contribution in [3.05, 3.63) is 52.8 Å². The van der Waals surface area contributed by atoms with Crippen molar-refractivity contribution in [1.29, 1.82) is 0 Å². The predicted octanol–water partition coefficient (Wildman–Crippen LogP) is 2.37. The molecule has 1 aromatic heterocycles. The molecule has 1 N–H and O–H groups in total. The molecule has 0 bridgehead atoms. The first-order chi connectivity index (χ1) is 8.65. The van der Waals surface area contributed by atoms with Crippen LogP contribution < -0.4 is 5.32 Å². The standard InChI is InChI=1S/C15H21N3/c1-12-4-5-14(10-13(12)2)11-16-8-6-15-7-9-18(3)17-15/h4-5,7,9-10,16H,6,8,11H2,1-3H3. The number of rotatable bonds is 5. The van der Waals surface area contributed by atoms with E-state index in [1.54, 1.807) is 0 Å². The summed E-state index contributed by atoms with van der Waals surface area (Å²) in [6.45, 7) is 6.19. The van der Waals surface area contributed by atoms with E-state index in [0.717, 1.165) is 25.2 Å². The molecule has 0 spiro atoms. The first kappa shape index (κ1) is 12.8. The molecule has 3 nitrogen and oxygen atoms in total. The molecule has 96 valence electrons. The van der Waals surface area contributed by atoms with Crippen LogP contribution in [0.1, 0.15) is 22.4 Å². The van der Waals surface area contributed by atoms with E-state index < -0.39 is 0 Å². The SMILES string of the molecule is Cc1ccc(CNCCc2ccn(C)n2)cc1C. The van der Waals surface area contributed by atoms with Gasteiger partial charge in [-0.25, -0.2) is 0 Å². The van der Waals surface area contributed by atoms with Crippen LogP contribution in [0.25, 0.3) is 0 Å². The second-order valence-corrected chi connectivity index (χ2v) is 4.83. The van der Waals surface area contributed by atoms with E-state index in [1.807, 2.05) is 17.9 Å². The lowest BCUT2D eigenvalue weighted by Gasteiger charge is -2.06. The lowest BCUT2D eigenvalue weighted by atomic mass is 10.1. The summed E-state index contributed by atoms with van der Waals surface area (Å²) in [5.74, 6) is 0. The third-order valence-electron chi connectivity index (χ3n) is 3.23. The molecule has 1 aromatic carbocycles. The maximum absolute atomic E-state index is 4.36. The number of hydrogen-bond donors (Lipinski definition) is 1. The molecule has 0 radical (unpaired) electrons. The van der Waals surface area contributed by atoms with Crippen molar-refractivity contribution in [3.63, 3.8) is 0 Å². The maximum atomic E-state index is 4.36. The van der Waals surface area contributed by atoms with Crippen molar-refractivity contribution < 1.29 is 0 Å². The van der Waals surface area contributed by atoms with Crippen molar-refractivity contribution in [3.8, 4) is 0 Å². The van der Waals surface area contributed by atoms with E-state index in [0.29, 0.717) is 0 Å². The number of hydrogen-bond acceptors (Lipinski definition) is 2. The van der Waals surface area contributed by atoms with Gasteiger partial charge in [0.15, 0.2) is 0 Å². The Bertz CT molecular complexity index is 514. The monoisotopic (exact) mass is 243 g/mol. The third-order valence-corrected chi connectivity index (χ3v) is 3.23. The van der Waals surface area contributed by atoms with Crippen molar-refractivity contribution in [2.75, 3.05) is 6.54 Å². The number of nitrogens with zero attached hydrogens (tertiary/aromatic N) is 2. The van der Waals surface area contributed by atoms with E-state index in [1.165, 1.54) is 16.7 Å². The highest BCUT2D eigenvalue weighted by Gasteiger charge is 1.98. The molecule has 0 fully saturated rings. The molecule has 0 aliphatic heterocycles. The minimum Gasteiger partial charge on any atom is -0.312 e. The van der Waals surface area contributed by atoms with Gasteiger partial charge in [0.1, 0.15) is 0 Å². The first-order valence-electron chi connectivity index (χ1n) is 6.40. The molecular weight excluding hydrogens is 222 g/mol. The highest BCUT2D eigenvalue weighted by atomic mass is 15.2. The quantitative estimate of drug-likeness (QED) is 0.817. The van der Waals surface area contributed by atoms with Crippen LogP contribution in [0.2, 0.25) is 0 Å². The molecule has 0 unspecified atom stereocenters. The van der Waals surface area contributed by atoms with Crippen LogP contribution in [0, 0.1) is 13.8 Å². The second-order valence-electron chi connectivity index (χ2n) is 4.83. The Morgan fingerprint density at radius 3 is 2.67 bits per heavy atom. The molecule has 0 aliphatic rings. The van der Waals surface area contributed by atoms with E-state index in [-0.39, 0.29) is 0 Å². The van der Waals surface area contributed by atoms with Crippen LogP contribution >= 0.6 is 0 Å². The minimum absolute atomic E-state index is 0.925. The molecule has 2 aromatic rings. The fourth-order valence-corrected chi connectivity index (χ4v) is 1.96. The van der Waals surface area contributed by atoms with Crippen molar-refractivity contribution in [2.45, 2.75) is 26.8 Å². The molecule has 0 atom stereocenters. The summed E-state index contributed by atoms with van der Waals surface area (Å²) in [6.07, 6.45) is 2.96. The molecule has 1 heterocycles. The van der Waals surface area contributed by atoms with Crippen LogP contribution in [-0.2, 0) is 20.0 Å². The van der Waals surface area contributed by atoms with Crippen LogP contribution in [0.15, 0.2) is 30.5 Å². The molecule has 0 saturated heterocycles. The summed E-state index contributed by atoms with van der Waals surface area (Å²) >= 11 is 0. The van der Waals surface area contributed by atoms with Gasteiger partial charge in [-0.2, -0.15) is 5.10 Å². The summed E-state index contributed by atoms with van der Waals surface area (Å²) in [5.41, 5.74) is 5.20. The fourth-order valence-electron chi connectivity index (χ4n) is 1.96. The second kappa shape index (κ2) is 5.83. The van der Waals surface area contributed by atoms with Crippen LogP contribution in [0.3, 0.4) is 0 Å². The lowest BCUT2D eigenvalue weighted by molar-refractivity contribution is 0.665. The van der Waals surface area contributed by atoms with Crippen LogP contribution in [-0.4, -0.2) is 16.3 Å². The molecule has 3 heteroatoms. The zero-order valence-corrected chi connectivity index (χ0v) is 11.4. The summed E-state index contributed by atoms with van der Waals surface area (Å²) in [4.78, 5) is 0. The Hall–Kier alpha value is -1.61. The lowest BCUT2D eigenvalue weighted by Crippen LogP contribution is -2.17. The maximum Gasteiger partial charge on any atom is 0.0637 e. The third kappa shape index (κ3) is 3.44. The van der Waals surface area contributed by atoms with Crippen LogP contribution in [0.5, 0.6) is 0 Å². The largest absolute Gasteiger partial charge is 0.312 e. The molecule has 0 aliphatic carbocycles. The van der Waals surface area contributed by atoms with Gasteiger partial charge in [0, 0.05) is 32.8 Å². The van der Waals surface area contributed by atoms with Gasteiger partial charge in [-0.15, -0.1) is 0 Å². The average molecular weight is 243 g/mol. The van der Waals surface area contributed by atoms with E-state index >= 15 is 0 Å². The Labute approximate surface area is 109 Å². The van der Waals surface area contributed by atoms with Gasteiger partial charge in [-0.3, -0.25) is 4.68 Å². The summed E-state index contributed by atoms with van der Waals surface area (Å²) in [7, 11) is 1.95. The Kier molecular flexibility index (Phi) is 4.15. The molecule has 0 saturated carbocycles. The Morgan fingerprint density at radius 1 is 1.17 bits per heavy atom. The zero-order chi connectivity index (χ0) is 13.0. The van der Waals surface area contributed by atoms with Crippen molar-refractivity contribution in [2.24, 2.45) is 7.05 Å². The Morgan fingerprint density at radius 2 is 2.00 bits per heavy atom. The summed E-state index contributed by atoms with van der Waals surface area (Å²) in [5, 5.41) is 7.81. The molecule has 2 rings (SSSR count). The molecule has 18 heavy (non-hydrogen) atoms. The molecular formula is C15H21N3. The van der Waals surface area contributed by atoms with Gasteiger partial charge in [0.2, 0.25) is 0 Å². The van der Waals surface area contributed by atoms with Gasteiger partial charge >= 0.3 is 0 Å². The van der Waals surface area contributed by atoms with E-state index in [2.05, 4.69) is 48.5 Å². The van der Waals surface area contributed by atoms with Crippen LogP contribution in [0.4, 0.5) is 0 Å². The van der Waals surface area contributed by atoms with Crippen molar-refractivity contribution in [1.82, 2.24) is 15.1 Å². The Balaban J connectivity index is 1.76. The average Bonchev–Trinajstić information content (AvgIpc) is 2.75. The van der Waals surface area contributed by atoms with Gasteiger partial charge in [-0.05, 0) is 36.6 Å². The zero-order valence-electron chi connectivity index (χ0n) is 11.4. The predicted molar refractivity (Wildman–Crippen MR) is 74.5 cm³/mol. The highest BCUT2D eigenvalue weighted by Crippen LogP contribution is 2.09. The van der Waals surface area contributed by atoms with E-state index in [4.69, 9.17) is 0 Å². The smallest absolute Gasteiger partial charge is 0.0637 e. The summed E-state index contributed by atoms with van der Waals surface area (Å²) in [6, 6.07) is 8.70. The van der Waals surface area contributed by atoms with Gasteiger partial charge in [0.05, 0.1) is 5.69 Å². The number of aromatic nitrogens is 2. The number of nitrogens with one attached hydrogen (secondary N) is 1. The van der Waals surface area contributed by atoms with Gasteiger partial charge in [0.25, 0.3) is 0 Å². The summed E-state index contributed by atoms with van der Waals surface area (Å²) < 4.78 is 1.85. The van der Waals surface area contributed by atoms with Crippen molar-refractivity contribution >= 4 is 0 Å². The van der Waals surface area contributed by atoms with Gasteiger partial charge in [-0.1, -0.05) is 18.2 Å². The fraction of sp³-hybridized carbons (Fsp3) is 0.400. The highest BCUT2D eigenvalue weighted by molar-refractivity contribution is 5.29.